The molecule has 10 rings (SSSR count). The number of hydrogen-bond acceptors (Lipinski definition) is 12. The van der Waals surface area contributed by atoms with E-state index < -0.39 is 65.0 Å². The molecule has 2 aromatic carbocycles. The lowest BCUT2D eigenvalue weighted by Gasteiger charge is -2.37. The zero-order chi connectivity index (χ0) is 55.5. The number of esters is 1. The normalized spacial score (nSPS) is 25.4. The summed E-state index contributed by atoms with van der Waals surface area (Å²) in [6, 6.07) is 9.82. The number of piperidine rings is 1. The van der Waals surface area contributed by atoms with Crippen LogP contribution in [-0.2, 0) is 52.8 Å². The fourth-order valence-electron chi connectivity index (χ4n) is 12.9. The van der Waals surface area contributed by atoms with Crippen molar-refractivity contribution in [2.24, 2.45) is 17.3 Å². The first-order valence-corrected chi connectivity index (χ1v) is 28.7. The molecule has 4 fully saturated rings. The summed E-state index contributed by atoms with van der Waals surface area (Å²) in [5, 5.41) is 11.0. The lowest BCUT2D eigenvalue weighted by molar-refractivity contribution is -0.155. The van der Waals surface area contributed by atoms with Crippen molar-refractivity contribution in [3.8, 4) is 28.1 Å². The highest BCUT2D eigenvalue weighted by molar-refractivity contribution is 5.96. The van der Waals surface area contributed by atoms with Gasteiger partial charge in [0.05, 0.1) is 36.4 Å². The van der Waals surface area contributed by atoms with Crippen molar-refractivity contribution >= 4 is 40.7 Å². The van der Waals surface area contributed by atoms with Gasteiger partial charge in [0.2, 0.25) is 11.8 Å². The maximum atomic E-state index is 15.0. The Labute approximate surface area is 459 Å². The number of rotatable bonds is 7. The summed E-state index contributed by atoms with van der Waals surface area (Å²) in [5.41, 5.74) is 9.38. The van der Waals surface area contributed by atoms with Crippen LogP contribution in [0.15, 0.2) is 42.6 Å². The minimum atomic E-state index is -1.11. The van der Waals surface area contributed by atoms with Gasteiger partial charge < -0.3 is 43.5 Å². The van der Waals surface area contributed by atoms with Gasteiger partial charge >= 0.3 is 12.1 Å². The van der Waals surface area contributed by atoms with Crippen LogP contribution in [0.25, 0.3) is 33.3 Å². The molecule has 7 heterocycles. The van der Waals surface area contributed by atoms with Crippen molar-refractivity contribution in [3.63, 3.8) is 0 Å². The van der Waals surface area contributed by atoms with Crippen molar-refractivity contribution in [2.45, 2.75) is 175 Å². The Hall–Kier alpha value is -5.98. The number of methoxy groups -OCH3 is 1. The van der Waals surface area contributed by atoms with Gasteiger partial charge in [0.15, 0.2) is 0 Å². The molecule has 0 radical (unpaired) electrons. The molecule has 422 valence electrons. The number of hydrazine groups is 1. The number of likely N-dealkylation sites (N-methyl/N-ethyl adjacent to an activating group) is 1. The molecule has 2 aromatic heterocycles. The number of aryl methyl sites for hydroxylation is 1. The highest BCUT2D eigenvalue weighted by Crippen LogP contribution is 2.44. The molecule has 78 heavy (non-hydrogen) atoms. The molecule has 6 atom stereocenters. The van der Waals surface area contributed by atoms with E-state index in [4.69, 9.17) is 24.0 Å². The monoisotopic (exact) mass is 1070 g/mol. The summed E-state index contributed by atoms with van der Waals surface area (Å²) < 4.78 is 29.6. The molecule has 18 heteroatoms. The Morgan fingerprint density at radius 1 is 0.885 bits per heavy atom. The Morgan fingerprint density at radius 3 is 2.33 bits per heavy atom. The molecule has 1 aliphatic carbocycles. The van der Waals surface area contributed by atoms with E-state index in [1.807, 2.05) is 46.8 Å². The van der Waals surface area contributed by atoms with E-state index in [1.165, 1.54) is 22.8 Å². The molecule has 0 unspecified atom stereocenters. The molecular formula is C60H83N9O9. The zero-order valence-corrected chi connectivity index (χ0v) is 47.9. The summed E-state index contributed by atoms with van der Waals surface area (Å²) in [6.07, 6.45) is 7.99. The highest BCUT2D eigenvalue weighted by atomic mass is 16.6. The third-order valence-electron chi connectivity index (χ3n) is 17.1. The lowest BCUT2D eigenvalue weighted by atomic mass is 9.84. The van der Waals surface area contributed by atoms with Crippen LogP contribution in [0.2, 0.25) is 0 Å². The average molecular weight is 1070 g/mol. The molecule has 4 aromatic rings. The standard InChI is InChI=1S/C60H83N9O9/c1-12-66-49-18-15-38-30-44(49)45(53(66)46-32-69(63-51(46)36(4)75-11)41-19-23-65(24-20-41)40-16-17-40)31-60(8,9)34-77-57(73)47-14-13-22-68(62-47)56(72)48-28-37-26-39(38)29-42(27-37)76-33-50-43(21-25-67(50)58(74)78-59(5,6)7)55(71)64(10)52(35(2)3)54(70)61-48/h15,18,26-27,29-30,32,35-36,40-41,43,47-48,50,52,62H,12-14,16-17,19-25,28,31,33-34H2,1-11H3,(H,61,70)/t36-,43-,47-,48-,50+,52-/m0/s1. The zero-order valence-electron chi connectivity index (χ0n) is 47.9. The molecule has 18 nitrogen and oxygen atoms in total. The molecule has 4 amide bonds. The number of cyclic esters (lactones) is 1. The second kappa shape index (κ2) is 21.9. The number of amides is 4. The number of benzene rings is 2. The first kappa shape index (κ1) is 55.3. The minimum Gasteiger partial charge on any atom is -0.491 e. The van der Waals surface area contributed by atoms with E-state index in [-0.39, 0.29) is 50.2 Å². The number of nitrogens with one attached hydrogen (secondary N) is 2. The van der Waals surface area contributed by atoms with Crippen LogP contribution in [0.1, 0.15) is 136 Å². The first-order chi connectivity index (χ1) is 37.1. The molecular weight excluding hydrogens is 991 g/mol. The van der Waals surface area contributed by atoms with Gasteiger partial charge in [-0.2, -0.15) is 5.10 Å². The van der Waals surface area contributed by atoms with E-state index in [0.29, 0.717) is 50.1 Å². The number of nitrogens with zero attached hydrogens (tertiary/aromatic N) is 7. The van der Waals surface area contributed by atoms with Crippen LogP contribution in [0.5, 0.6) is 5.75 Å². The fourth-order valence-corrected chi connectivity index (χ4v) is 12.9. The number of carbonyl (C=O) groups is 5. The van der Waals surface area contributed by atoms with Crippen LogP contribution < -0.4 is 15.5 Å². The largest absolute Gasteiger partial charge is 0.491 e. The topological polar surface area (TPSA) is 182 Å². The van der Waals surface area contributed by atoms with Gasteiger partial charge in [-0.1, -0.05) is 39.8 Å². The summed E-state index contributed by atoms with van der Waals surface area (Å²) in [5.74, 6) is -2.26. The van der Waals surface area contributed by atoms with Crippen LogP contribution in [0, 0.1) is 17.3 Å². The van der Waals surface area contributed by atoms with Gasteiger partial charge in [-0.05, 0) is 138 Å². The minimum absolute atomic E-state index is 0.0288. The van der Waals surface area contributed by atoms with E-state index in [1.54, 1.807) is 19.1 Å². The van der Waals surface area contributed by atoms with Gasteiger partial charge in [-0.15, -0.1) is 0 Å². The van der Waals surface area contributed by atoms with Gasteiger partial charge in [-0.25, -0.2) is 10.2 Å². The van der Waals surface area contributed by atoms with Crippen molar-refractivity contribution in [2.75, 3.05) is 53.6 Å². The van der Waals surface area contributed by atoms with Crippen molar-refractivity contribution in [1.82, 2.24) is 44.8 Å². The van der Waals surface area contributed by atoms with Crippen molar-refractivity contribution in [3.05, 3.63) is 59.4 Å². The number of likely N-dealkylation sites (tertiary alicyclic amines) is 2. The third-order valence-corrected chi connectivity index (χ3v) is 17.1. The predicted molar refractivity (Wildman–Crippen MR) is 296 cm³/mol. The molecule has 2 N–H and O–H groups in total. The lowest BCUT2D eigenvalue weighted by Crippen LogP contribution is -2.62. The second-order valence-electron chi connectivity index (χ2n) is 25.1. The Morgan fingerprint density at radius 2 is 1.64 bits per heavy atom. The number of aromatic nitrogens is 3. The van der Waals surface area contributed by atoms with Crippen molar-refractivity contribution in [1.29, 1.82) is 0 Å². The maximum absolute atomic E-state index is 15.0. The van der Waals surface area contributed by atoms with E-state index in [9.17, 15) is 19.2 Å². The molecule has 3 saturated heterocycles. The van der Waals surface area contributed by atoms with Crippen LogP contribution in [0.3, 0.4) is 0 Å². The third kappa shape index (κ3) is 11.3. The molecule has 5 aliphatic heterocycles. The SMILES string of the molecule is CCn1c(-c2cn(C3CCN(C4CC4)CC3)nc2[C@H](C)OC)c2c3cc(ccc31)-c1cc3cc(c1)OC[C@@H]1[C@H](CCN1C(=O)OC(C)(C)C)C(=O)N(C)[C@@H](C(C)C)C(=O)N[C@@H](C3)C(=O)N1CCC[C@H](N1)C(=O)OCC(C)(C)C2. The van der Waals surface area contributed by atoms with Gasteiger partial charge in [0.25, 0.3) is 5.91 Å². The first-order valence-electron chi connectivity index (χ1n) is 28.7. The number of ether oxygens (including phenoxy) is 4. The summed E-state index contributed by atoms with van der Waals surface area (Å²) in [4.78, 5) is 78.5. The number of hydrogen-bond donors (Lipinski definition) is 2. The summed E-state index contributed by atoms with van der Waals surface area (Å²) >= 11 is 0. The molecule has 0 spiro atoms. The van der Waals surface area contributed by atoms with Gasteiger partial charge in [0.1, 0.15) is 41.8 Å². The predicted octanol–water partition coefficient (Wildman–Crippen LogP) is 7.85. The number of carbonyl (C=O) groups excluding carboxylic acids is 5. The number of fused-ring (bicyclic) bond motifs is 8. The molecule has 1 saturated carbocycles. The van der Waals surface area contributed by atoms with E-state index >= 15 is 4.79 Å². The fraction of sp³-hybridized carbons (Fsp3) is 0.633. The average Bonchev–Trinajstić information content (AvgIpc) is 3.91. The second-order valence-corrected chi connectivity index (χ2v) is 25.1. The summed E-state index contributed by atoms with van der Waals surface area (Å²) in [6.45, 7) is 21.1. The van der Waals surface area contributed by atoms with Crippen LogP contribution in [0.4, 0.5) is 4.79 Å². The molecule has 8 bridgehead atoms. The Bertz CT molecular complexity index is 2930. The Balaban J connectivity index is 1.14. The highest BCUT2D eigenvalue weighted by Gasteiger charge is 2.47. The van der Waals surface area contributed by atoms with E-state index in [2.05, 4.69) is 83.0 Å². The Kier molecular flexibility index (Phi) is 15.6. The van der Waals surface area contributed by atoms with Crippen LogP contribution >= 0.6 is 0 Å². The smallest absolute Gasteiger partial charge is 0.410 e. The molecule has 6 aliphatic rings. The van der Waals surface area contributed by atoms with E-state index in [0.717, 1.165) is 76.5 Å². The van der Waals surface area contributed by atoms with Crippen molar-refractivity contribution < 1.29 is 42.9 Å². The quantitative estimate of drug-likeness (QED) is 0.171. The summed E-state index contributed by atoms with van der Waals surface area (Å²) in [7, 11) is 3.35. The van der Waals surface area contributed by atoms with Gasteiger partial charge in [-0.3, -0.25) is 28.9 Å². The van der Waals surface area contributed by atoms with Gasteiger partial charge in [0, 0.05) is 87.4 Å². The maximum Gasteiger partial charge on any atom is 0.410 e. The van der Waals surface area contributed by atoms with Crippen LogP contribution in [-0.4, -0.2) is 153 Å².